The maximum absolute atomic E-state index is 13.5. The Morgan fingerprint density at radius 2 is 0.833 bits per heavy atom. The van der Waals surface area contributed by atoms with Crippen molar-refractivity contribution in [3.05, 3.63) is 29.8 Å². The van der Waals surface area contributed by atoms with Crippen LogP contribution in [-0.2, 0) is 11.2 Å². The van der Waals surface area contributed by atoms with Gasteiger partial charge >= 0.3 is 5.97 Å². The van der Waals surface area contributed by atoms with Crippen molar-refractivity contribution in [3.8, 4) is 5.75 Å². The van der Waals surface area contributed by atoms with E-state index in [0.717, 1.165) is 32.1 Å². The monoisotopic (exact) mass is 585 g/mol. The largest absolute Gasteiger partial charge is 0.426 e. The van der Waals surface area contributed by atoms with E-state index in [1.54, 1.807) is 0 Å². The first-order valence-corrected chi connectivity index (χ1v) is 18.9. The first-order valence-electron chi connectivity index (χ1n) is 18.9. The Morgan fingerprint density at radius 3 is 1.21 bits per heavy atom. The van der Waals surface area contributed by atoms with E-state index in [1.807, 2.05) is 12.1 Å². The Morgan fingerprint density at radius 1 is 0.500 bits per heavy atom. The Labute approximate surface area is 263 Å². The van der Waals surface area contributed by atoms with E-state index in [-0.39, 0.29) is 11.4 Å². The van der Waals surface area contributed by atoms with E-state index in [0.29, 0.717) is 5.75 Å². The third kappa shape index (κ3) is 20.6. The van der Waals surface area contributed by atoms with E-state index in [4.69, 9.17) is 4.74 Å². The lowest BCUT2D eigenvalue weighted by Gasteiger charge is -2.27. The number of benzene rings is 1. The van der Waals surface area contributed by atoms with Gasteiger partial charge in [0.1, 0.15) is 5.75 Å². The highest BCUT2D eigenvalue weighted by Crippen LogP contribution is 2.34. The van der Waals surface area contributed by atoms with Gasteiger partial charge in [0, 0.05) is 0 Å². The van der Waals surface area contributed by atoms with Crippen LogP contribution in [0, 0.1) is 5.41 Å². The second-order valence-corrected chi connectivity index (χ2v) is 13.6. The van der Waals surface area contributed by atoms with Crippen LogP contribution in [0.25, 0.3) is 0 Å². The molecule has 0 fully saturated rings. The van der Waals surface area contributed by atoms with Gasteiger partial charge in [-0.25, -0.2) is 0 Å². The molecule has 0 bridgehead atoms. The summed E-state index contributed by atoms with van der Waals surface area (Å²) < 4.78 is 6.02. The number of rotatable bonds is 30. The summed E-state index contributed by atoms with van der Waals surface area (Å²) in [4.78, 5) is 13.5. The Hall–Kier alpha value is -1.31. The number of hydrogen-bond donors (Lipinski definition) is 0. The van der Waals surface area contributed by atoms with Gasteiger partial charge in [0.05, 0.1) is 5.41 Å². The highest BCUT2D eigenvalue weighted by molar-refractivity contribution is 5.78. The molecule has 0 saturated carbocycles. The predicted octanol–water partition coefficient (Wildman–Crippen LogP) is 13.7. The molecule has 0 heterocycles. The van der Waals surface area contributed by atoms with Gasteiger partial charge in [0.15, 0.2) is 0 Å². The SMILES string of the molecule is CCCCCCCCCCCCCCC(C)(CCCCCCCCCCCC)C(=O)Oc1ccc(CCCCC)cc1. The van der Waals surface area contributed by atoms with Crippen molar-refractivity contribution >= 4 is 5.97 Å². The number of ether oxygens (including phenoxy) is 1. The van der Waals surface area contributed by atoms with Crippen LogP contribution in [0.15, 0.2) is 24.3 Å². The molecule has 1 rings (SSSR count). The molecule has 0 aromatic heterocycles. The van der Waals surface area contributed by atoms with Gasteiger partial charge in [-0.15, -0.1) is 0 Å². The van der Waals surface area contributed by atoms with Gasteiger partial charge in [-0.05, 0) is 50.3 Å². The average molecular weight is 585 g/mol. The number of unbranched alkanes of at least 4 members (excludes halogenated alkanes) is 22. The normalized spacial score (nSPS) is 12.9. The summed E-state index contributed by atoms with van der Waals surface area (Å²) in [5.74, 6) is 0.698. The number of carbonyl (C=O) groups excluding carboxylic acids is 1. The Bertz CT molecular complexity index is 724. The quantitative estimate of drug-likeness (QED) is 0.0510. The Kier molecular flexibility index (Phi) is 25.1. The summed E-state index contributed by atoms with van der Waals surface area (Å²) in [5, 5.41) is 0. The highest BCUT2D eigenvalue weighted by atomic mass is 16.5. The molecule has 0 radical (unpaired) electrons. The number of carbonyl (C=O) groups is 1. The van der Waals surface area contributed by atoms with E-state index in [9.17, 15) is 4.79 Å². The van der Waals surface area contributed by atoms with Crippen molar-refractivity contribution in [2.45, 2.75) is 207 Å². The van der Waals surface area contributed by atoms with Crippen molar-refractivity contribution in [2.75, 3.05) is 0 Å². The van der Waals surface area contributed by atoms with Crippen LogP contribution in [0.3, 0.4) is 0 Å². The molecule has 0 aliphatic carbocycles. The lowest BCUT2D eigenvalue weighted by Crippen LogP contribution is -2.32. The molecule has 2 nitrogen and oxygen atoms in total. The summed E-state index contributed by atoms with van der Waals surface area (Å²) in [6, 6.07) is 8.29. The number of esters is 1. The van der Waals surface area contributed by atoms with Crippen LogP contribution in [0.2, 0.25) is 0 Å². The van der Waals surface area contributed by atoms with Gasteiger partial charge in [-0.1, -0.05) is 187 Å². The maximum atomic E-state index is 13.5. The predicted molar refractivity (Wildman–Crippen MR) is 186 cm³/mol. The zero-order chi connectivity index (χ0) is 30.6. The molecule has 0 spiro atoms. The van der Waals surface area contributed by atoms with Gasteiger partial charge in [0.25, 0.3) is 0 Å². The lowest BCUT2D eigenvalue weighted by atomic mass is 9.79. The van der Waals surface area contributed by atoms with Gasteiger partial charge < -0.3 is 4.74 Å². The molecule has 1 aromatic carbocycles. The third-order valence-electron chi connectivity index (χ3n) is 9.36. The lowest BCUT2D eigenvalue weighted by molar-refractivity contribution is -0.146. The van der Waals surface area contributed by atoms with Gasteiger partial charge in [-0.3, -0.25) is 4.79 Å². The molecular weight excluding hydrogens is 512 g/mol. The molecule has 0 amide bonds. The molecule has 42 heavy (non-hydrogen) atoms. The molecule has 0 aliphatic heterocycles. The second kappa shape index (κ2) is 27.3. The van der Waals surface area contributed by atoms with Crippen LogP contribution in [0.5, 0.6) is 5.75 Å². The third-order valence-corrected chi connectivity index (χ3v) is 9.36. The molecule has 2 heteroatoms. The summed E-state index contributed by atoms with van der Waals surface area (Å²) in [7, 11) is 0. The number of hydrogen-bond acceptors (Lipinski definition) is 2. The molecule has 0 N–H and O–H groups in total. The standard InChI is InChI=1S/C40H72O2/c1-5-8-11-13-15-17-19-20-22-24-26-29-36-40(4,35-28-25-23-21-18-16-14-12-9-6-2)39(41)42-38-33-31-37(32-34-38)30-27-10-7-3/h31-34H,5-30,35-36H2,1-4H3. The fraction of sp³-hybridized carbons (Fsp3) is 0.825. The van der Waals surface area contributed by atoms with Crippen LogP contribution < -0.4 is 4.74 Å². The van der Waals surface area contributed by atoms with Crippen molar-refractivity contribution in [1.29, 1.82) is 0 Å². The molecule has 1 aromatic rings. The molecule has 244 valence electrons. The fourth-order valence-electron chi connectivity index (χ4n) is 6.22. The highest BCUT2D eigenvalue weighted by Gasteiger charge is 2.34. The van der Waals surface area contributed by atoms with E-state index >= 15 is 0 Å². The minimum Gasteiger partial charge on any atom is -0.426 e. The first-order chi connectivity index (χ1) is 20.6. The zero-order valence-corrected chi connectivity index (χ0v) is 28.9. The van der Waals surface area contributed by atoms with Crippen LogP contribution in [0.4, 0.5) is 0 Å². The minimum atomic E-state index is -0.377. The fourth-order valence-corrected chi connectivity index (χ4v) is 6.22. The molecule has 1 atom stereocenters. The summed E-state index contributed by atoms with van der Waals surface area (Å²) in [6.07, 6.45) is 36.2. The van der Waals surface area contributed by atoms with Crippen LogP contribution in [0.1, 0.15) is 207 Å². The van der Waals surface area contributed by atoms with E-state index in [1.165, 1.54) is 153 Å². The summed E-state index contributed by atoms with van der Waals surface area (Å²) in [5.41, 5.74) is 0.964. The van der Waals surface area contributed by atoms with Gasteiger partial charge in [0.2, 0.25) is 0 Å². The van der Waals surface area contributed by atoms with Crippen molar-refractivity contribution in [3.63, 3.8) is 0 Å². The second-order valence-electron chi connectivity index (χ2n) is 13.6. The summed E-state index contributed by atoms with van der Waals surface area (Å²) in [6.45, 7) is 9.00. The molecule has 1 unspecified atom stereocenters. The van der Waals surface area contributed by atoms with Gasteiger partial charge in [-0.2, -0.15) is 0 Å². The molecule has 0 aliphatic rings. The maximum Gasteiger partial charge on any atom is 0.317 e. The zero-order valence-electron chi connectivity index (χ0n) is 28.9. The van der Waals surface area contributed by atoms with E-state index in [2.05, 4.69) is 39.8 Å². The van der Waals surface area contributed by atoms with Crippen molar-refractivity contribution in [1.82, 2.24) is 0 Å². The van der Waals surface area contributed by atoms with Crippen molar-refractivity contribution < 1.29 is 9.53 Å². The average Bonchev–Trinajstić information content (AvgIpc) is 2.99. The van der Waals surface area contributed by atoms with Crippen LogP contribution in [-0.4, -0.2) is 5.97 Å². The van der Waals surface area contributed by atoms with Crippen LogP contribution >= 0.6 is 0 Å². The smallest absolute Gasteiger partial charge is 0.317 e. The number of aryl methyl sites for hydroxylation is 1. The topological polar surface area (TPSA) is 26.3 Å². The Balaban J connectivity index is 2.44. The minimum absolute atomic E-state index is 0.0137. The molecule has 0 saturated heterocycles. The van der Waals surface area contributed by atoms with E-state index < -0.39 is 0 Å². The molecular formula is C40H72O2. The summed E-state index contributed by atoms with van der Waals surface area (Å²) >= 11 is 0. The van der Waals surface area contributed by atoms with Crippen molar-refractivity contribution in [2.24, 2.45) is 5.41 Å². The first kappa shape index (κ1) is 38.7.